The first-order valence-corrected chi connectivity index (χ1v) is 8.51. The first-order chi connectivity index (χ1) is 10.4. The molecule has 1 aromatic heterocycles. The van der Waals surface area contributed by atoms with E-state index < -0.39 is 16.4 Å². The Morgan fingerprint density at radius 3 is 2.64 bits per heavy atom. The Morgan fingerprint density at radius 1 is 1.18 bits per heavy atom. The van der Waals surface area contributed by atoms with Gasteiger partial charge in [-0.2, -0.15) is 0 Å². The molecule has 22 heavy (non-hydrogen) atoms. The summed E-state index contributed by atoms with van der Waals surface area (Å²) >= 11 is 0. The molecule has 0 saturated carbocycles. The minimum absolute atomic E-state index is 0.111. The molecule has 5 heteroatoms. The molecule has 0 amide bonds. The Balaban J connectivity index is 2.27. The van der Waals surface area contributed by atoms with Crippen LogP contribution in [0.4, 0.5) is 0 Å². The molecule has 0 aliphatic carbocycles. The Hall–Kier alpha value is -2.14. The molecule has 1 aliphatic rings. The zero-order valence-corrected chi connectivity index (χ0v) is 13.5. The molecular formula is C17H17NO3S. The fraction of sp³-hybridized carbons (Fsp3) is 0.235. The van der Waals surface area contributed by atoms with Crippen molar-refractivity contribution in [1.29, 1.82) is 0 Å². The number of ether oxygens (including phenoxy) is 1. The lowest BCUT2D eigenvalue weighted by Crippen LogP contribution is -2.32. The van der Waals surface area contributed by atoms with Gasteiger partial charge in [0.25, 0.3) is 5.56 Å². The number of nitrogens with zero attached hydrogens (tertiary/aromatic N) is 1. The smallest absolute Gasteiger partial charge is 0.255 e. The fourth-order valence-corrected chi connectivity index (χ4v) is 3.07. The van der Waals surface area contributed by atoms with Crippen LogP contribution in [0.1, 0.15) is 19.4 Å². The summed E-state index contributed by atoms with van der Waals surface area (Å²) in [5, 5.41) is 0. The third-order valence-electron chi connectivity index (χ3n) is 3.50. The number of fused-ring (bicyclic) bond motifs is 1. The Bertz CT molecular complexity index is 849. The van der Waals surface area contributed by atoms with Gasteiger partial charge in [0, 0.05) is 39.8 Å². The van der Waals surface area contributed by atoms with Crippen LogP contribution in [-0.4, -0.2) is 20.6 Å². The van der Waals surface area contributed by atoms with E-state index in [1.54, 1.807) is 29.2 Å². The lowest BCUT2D eigenvalue weighted by molar-refractivity contribution is 0.157. The largest absolute Gasteiger partial charge is 0.483 e. The summed E-state index contributed by atoms with van der Waals surface area (Å²) in [5.74, 6) is 0.687. The second kappa shape index (κ2) is 5.25. The number of hydrogen-bond donors (Lipinski definition) is 0. The Kier molecular flexibility index (Phi) is 3.53. The van der Waals surface area contributed by atoms with E-state index in [2.05, 4.69) is 0 Å². The van der Waals surface area contributed by atoms with Crippen LogP contribution in [0.25, 0.3) is 5.70 Å². The summed E-state index contributed by atoms with van der Waals surface area (Å²) in [6, 6.07) is 10.5. The molecule has 3 rings (SSSR count). The van der Waals surface area contributed by atoms with Crippen LogP contribution in [0.5, 0.6) is 5.75 Å². The van der Waals surface area contributed by atoms with Crippen LogP contribution in [0.3, 0.4) is 0 Å². The van der Waals surface area contributed by atoms with Gasteiger partial charge in [0.15, 0.2) is 0 Å². The summed E-state index contributed by atoms with van der Waals surface area (Å²) in [6.07, 6.45) is 5.28. The third-order valence-corrected chi connectivity index (χ3v) is 4.42. The van der Waals surface area contributed by atoms with Gasteiger partial charge in [-0.25, -0.2) is 0 Å². The molecule has 114 valence electrons. The van der Waals surface area contributed by atoms with E-state index in [1.807, 2.05) is 38.1 Å². The van der Waals surface area contributed by atoms with E-state index in [0.717, 1.165) is 11.3 Å². The van der Waals surface area contributed by atoms with Crippen molar-refractivity contribution in [2.45, 2.75) is 24.3 Å². The highest BCUT2D eigenvalue weighted by atomic mass is 32.2. The van der Waals surface area contributed by atoms with Gasteiger partial charge in [-0.3, -0.25) is 13.6 Å². The zero-order chi connectivity index (χ0) is 15.9. The van der Waals surface area contributed by atoms with E-state index in [4.69, 9.17) is 4.74 Å². The summed E-state index contributed by atoms with van der Waals surface area (Å²) in [5.41, 5.74) is 0.898. The van der Waals surface area contributed by atoms with Gasteiger partial charge in [0.2, 0.25) is 0 Å². The SMILES string of the molecule is CS(=O)c1ccc2c(c1)C(n1ccccc1=O)=CC(C)(C)O2. The first-order valence-electron chi connectivity index (χ1n) is 6.95. The van der Waals surface area contributed by atoms with Gasteiger partial charge in [0.05, 0.1) is 5.70 Å². The van der Waals surface area contributed by atoms with Crippen molar-refractivity contribution in [3.8, 4) is 5.75 Å². The minimum atomic E-state index is -1.09. The molecular weight excluding hydrogens is 298 g/mol. The number of rotatable bonds is 2. The third kappa shape index (κ3) is 2.64. The minimum Gasteiger partial charge on any atom is -0.483 e. The summed E-state index contributed by atoms with van der Waals surface area (Å²) in [6.45, 7) is 3.88. The van der Waals surface area contributed by atoms with Crippen molar-refractivity contribution in [1.82, 2.24) is 4.57 Å². The molecule has 0 radical (unpaired) electrons. The van der Waals surface area contributed by atoms with E-state index in [0.29, 0.717) is 10.6 Å². The van der Waals surface area contributed by atoms with Crippen LogP contribution in [-0.2, 0) is 10.8 Å². The average Bonchev–Trinajstić information content (AvgIpc) is 2.45. The van der Waals surface area contributed by atoms with Crippen molar-refractivity contribution in [3.05, 3.63) is 64.6 Å². The molecule has 2 aromatic rings. The van der Waals surface area contributed by atoms with Gasteiger partial charge in [-0.1, -0.05) is 6.07 Å². The topological polar surface area (TPSA) is 48.3 Å². The van der Waals surface area contributed by atoms with Crippen LogP contribution in [0, 0.1) is 0 Å². The van der Waals surface area contributed by atoms with Crippen LogP contribution >= 0.6 is 0 Å². The Morgan fingerprint density at radius 2 is 1.95 bits per heavy atom. The maximum absolute atomic E-state index is 12.2. The van der Waals surface area contributed by atoms with E-state index in [9.17, 15) is 9.00 Å². The lowest BCUT2D eigenvalue weighted by Gasteiger charge is -2.31. The van der Waals surface area contributed by atoms with E-state index in [1.165, 1.54) is 6.07 Å². The molecule has 1 aliphatic heterocycles. The number of aromatic nitrogens is 1. The van der Waals surface area contributed by atoms with E-state index >= 15 is 0 Å². The zero-order valence-electron chi connectivity index (χ0n) is 12.7. The van der Waals surface area contributed by atoms with Crippen LogP contribution in [0.2, 0.25) is 0 Å². The molecule has 1 atom stereocenters. The fourth-order valence-electron chi connectivity index (χ4n) is 2.52. The molecule has 0 saturated heterocycles. The molecule has 0 bridgehead atoms. The van der Waals surface area contributed by atoms with Gasteiger partial charge < -0.3 is 4.74 Å². The molecule has 1 aromatic carbocycles. The predicted octanol–water partition coefficient (Wildman–Crippen LogP) is 2.65. The van der Waals surface area contributed by atoms with Crippen molar-refractivity contribution < 1.29 is 8.95 Å². The Labute approximate surface area is 131 Å². The van der Waals surface area contributed by atoms with Crippen LogP contribution in [0.15, 0.2) is 58.4 Å². The van der Waals surface area contributed by atoms with Crippen molar-refractivity contribution in [3.63, 3.8) is 0 Å². The first kappa shape index (κ1) is 14.8. The van der Waals surface area contributed by atoms with E-state index in [-0.39, 0.29) is 5.56 Å². The number of hydrogen-bond acceptors (Lipinski definition) is 3. The second-order valence-corrected chi connectivity index (χ2v) is 7.14. The molecule has 0 spiro atoms. The highest BCUT2D eigenvalue weighted by Gasteiger charge is 2.28. The molecule has 1 unspecified atom stereocenters. The van der Waals surface area contributed by atoms with Crippen molar-refractivity contribution >= 4 is 16.5 Å². The maximum atomic E-state index is 12.2. The number of benzene rings is 1. The molecule has 4 nitrogen and oxygen atoms in total. The predicted molar refractivity (Wildman–Crippen MR) is 87.6 cm³/mol. The average molecular weight is 315 g/mol. The van der Waals surface area contributed by atoms with Crippen molar-refractivity contribution in [2.24, 2.45) is 0 Å². The monoisotopic (exact) mass is 315 g/mol. The maximum Gasteiger partial charge on any atom is 0.255 e. The normalized spacial score (nSPS) is 17.1. The molecule has 0 fully saturated rings. The summed E-state index contributed by atoms with van der Waals surface area (Å²) < 4.78 is 19.3. The molecule has 0 N–H and O–H groups in total. The van der Waals surface area contributed by atoms with Crippen molar-refractivity contribution in [2.75, 3.05) is 6.26 Å². The van der Waals surface area contributed by atoms with Gasteiger partial charge >= 0.3 is 0 Å². The van der Waals surface area contributed by atoms with Gasteiger partial charge in [0.1, 0.15) is 11.4 Å². The highest BCUT2D eigenvalue weighted by Crippen LogP contribution is 2.37. The second-order valence-electron chi connectivity index (χ2n) is 5.76. The summed E-state index contributed by atoms with van der Waals surface area (Å²) in [7, 11) is -1.09. The molecule has 2 heterocycles. The van der Waals surface area contributed by atoms with Gasteiger partial charge in [-0.05, 0) is 44.2 Å². The van der Waals surface area contributed by atoms with Crippen LogP contribution < -0.4 is 10.3 Å². The highest BCUT2D eigenvalue weighted by molar-refractivity contribution is 7.84. The lowest BCUT2D eigenvalue weighted by atomic mass is 9.99. The van der Waals surface area contributed by atoms with Gasteiger partial charge in [-0.15, -0.1) is 0 Å². The number of pyridine rings is 1. The summed E-state index contributed by atoms with van der Waals surface area (Å²) in [4.78, 5) is 12.9. The standard InChI is InChI=1S/C17H17NO3S/c1-17(2)11-14(18-9-5-4-6-16(18)19)13-10-12(22(3)20)7-8-15(13)21-17/h4-11H,1-3H3. The quantitative estimate of drug-likeness (QED) is 0.856.